The van der Waals surface area contributed by atoms with Gasteiger partial charge in [-0.3, -0.25) is 0 Å². The summed E-state index contributed by atoms with van der Waals surface area (Å²) in [7, 11) is 4.28. The van der Waals surface area contributed by atoms with Gasteiger partial charge in [0.05, 0.1) is 14.2 Å². The largest absolute Gasteiger partial charge is 0.497 e. The molecule has 0 saturated heterocycles. The first kappa shape index (κ1) is 13.9. The molecule has 2 aromatic carbocycles. The summed E-state index contributed by atoms with van der Waals surface area (Å²) in [6, 6.07) is 11.2. The van der Waals surface area contributed by atoms with Gasteiger partial charge in [0.2, 0.25) is 0 Å². The summed E-state index contributed by atoms with van der Waals surface area (Å²) >= 11 is 0. The molecule has 0 aliphatic carbocycles. The van der Waals surface area contributed by atoms with Crippen LogP contribution in [0.25, 0.3) is 10.8 Å². The lowest BCUT2D eigenvalue weighted by Gasteiger charge is -2.09. The van der Waals surface area contributed by atoms with E-state index in [0.29, 0.717) is 11.3 Å². The maximum atomic E-state index is 11.8. The van der Waals surface area contributed by atoms with E-state index in [1.54, 1.807) is 13.2 Å². The predicted octanol–water partition coefficient (Wildman–Crippen LogP) is 2.37. The van der Waals surface area contributed by atoms with Crippen molar-refractivity contribution < 1.29 is 19.1 Å². The summed E-state index contributed by atoms with van der Waals surface area (Å²) in [6.07, 6.45) is 0. The third-order valence-corrected chi connectivity index (χ3v) is 2.91. The predicted molar refractivity (Wildman–Crippen MR) is 76.1 cm³/mol. The van der Waals surface area contributed by atoms with Gasteiger partial charge in [0.25, 0.3) is 0 Å². The number of hydrogen-bond donors (Lipinski definition) is 0. The van der Waals surface area contributed by atoms with Crippen molar-refractivity contribution in [3.8, 4) is 5.75 Å². The molecule has 0 amide bonds. The molecule has 0 atom stereocenters. The molecule has 0 bridgehead atoms. The molecule has 2 aromatic rings. The van der Waals surface area contributed by atoms with E-state index in [0.717, 1.165) is 10.8 Å². The molecule has 5 heteroatoms. The number of rotatable bonds is 4. The van der Waals surface area contributed by atoms with Crippen LogP contribution in [0.5, 0.6) is 5.75 Å². The average Bonchev–Trinajstić information content (AvgIpc) is 2.51. The van der Waals surface area contributed by atoms with Gasteiger partial charge in [-0.2, -0.15) is 0 Å². The number of methoxy groups -OCH3 is 2. The van der Waals surface area contributed by atoms with Crippen LogP contribution in [0.3, 0.4) is 0 Å². The van der Waals surface area contributed by atoms with E-state index < -0.39 is 5.97 Å². The maximum absolute atomic E-state index is 11.8. The molecule has 0 N–H and O–H groups in total. The Morgan fingerprint density at radius 2 is 1.90 bits per heavy atom. The zero-order valence-corrected chi connectivity index (χ0v) is 11.5. The molecule has 0 unspecified atom stereocenters. The van der Waals surface area contributed by atoms with E-state index >= 15 is 0 Å². The lowest BCUT2D eigenvalue weighted by molar-refractivity contribution is -0.132. The third-order valence-electron chi connectivity index (χ3n) is 2.91. The molecule has 0 aromatic heterocycles. The summed E-state index contributed by atoms with van der Waals surface area (Å²) in [5, 5.41) is 5.58. The summed E-state index contributed by atoms with van der Waals surface area (Å²) in [4.78, 5) is 16.6. The number of carbonyl (C=O) groups is 1. The first-order chi connectivity index (χ1) is 9.71. The van der Waals surface area contributed by atoms with Crippen molar-refractivity contribution in [1.29, 1.82) is 0 Å². The van der Waals surface area contributed by atoms with E-state index in [1.807, 2.05) is 30.3 Å². The average molecular weight is 273 g/mol. The van der Waals surface area contributed by atoms with Crippen LogP contribution in [-0.4, -0.2) is 33.0 Å². The molecule has 0 saturated carbocycles. The number of hydrogen-bond acceptors (Lipinski definition) is 5. The Morgan fingerprint density at radius 1 is 1.10 bits per heavy atom. The van der Waals surface area contributed by atoms with E-state index in [2.05, 4.69) is 5.16 Å². The number of carbonyl (C=O) groups excluding carboxylic acids is 1. The second kappa shape index (κ2) is 6.06. The smallest absolute Gasteiger partial charge is 0.360 e. The normalized spacial score (nSPS) is 11.2. The number of nitrogens with zero attached hydrogens (tertiary/aromatic N) is 1. The monoisotopic (exact) mass is 273 g/mol. The van der Waals surface area contributed by atoms with Crippen molar-refractivity contribution in [3.05, 3.63) is 42.0 Å². The highest BCUT2D eigenvalue weighted by molar-refractivity contribution is 6.45. The zero-order chi connectivity index (χ0) is 14.5. The molecule has 20 heavy (non-hydrogen) atoms. The van der Waals surface area contributed by atoms with Gasteiger partial charge in [-0.15, -0.1) is 0 Å². The molecule has 2 rings (SSSR count). The molecular weight excluding hydrogens is 258 g/mol. The lowest BCUT2D eigenvalue weighted by atomic mass is 10.0. The van der Waals surface area contributed by atoms with Crippen LogP contribution in [0.1, 0.15) is 5.56 Å². The molecule has 0 radical (unpaired) electrons. The van der Waals surface area contributed by atoms with Crippen molar-refractivity contribution in [2.24, 2.45) is 5.16 Å². The van der Waals surface area contributed by atoms with Crippen molar-refractivity contribution in [2.45, 2.75) is 0 Å². The van der Waals surface area contributed by atoms with Gasteiger partial charge >= 0.3 is 5.97 Å². The van der Waals surface area contributed by atoms with Crippen LogP contribution < -0.4 is 4.74 Å². The number of fused-ring (bicyclic) bond motifs is 1. The Morgan fingerprint density at radius 3 is 2.55 bits per heavy atom. The van der Waals surface area contributed by atoms with E-state index in [-0.39, 0.29) is 5.71 Å². The van der Waals surface area contributed by atoms with Crippen LogP contribution in [0.4, 0.5) is 0 Å². The Labute approximate surface area is 116 Å². The van der Waals surface area contributed by atoms with Gasteiger partial charge in [0.15, 0.2) is 5.71 Å². The molecule has 0 aliphatic rings. The quantitative estimate of drug-likeness (QED) is 0.487. The van der Waals surface area contributed by atoms with Gasteiger partial charge in [-0.1, -0.05) is 29.4 Å². The maximum Gasteiger partial charge on any atom is 0.360 e. The minimum Gasteiger partial charge on any atom is -0.497 e. The fourth-order valence-corrected chi connectivity index (χ4v) is 1.97. The van der Waals surface area contributed by atoms with Crippen LogP contribution in [0, 0.1) is 0 Å². The molecular formula is C15H15NO4. The lowest BCUT2D eigenvalue weighted by Crippen LogP contribution is -2.18. The van der Waals surface area contributed by atoms with Crippen LogP contribution in [0.15, 0.2) is 41.6 Å². The minimum atomic E-state index is -0.554. The number of esters is 1. The first-order valence-electron chi connectivity index (χ1n) is 5.98. The van der Waals surface area contributed by atoms with Gasteiger partial charge in [0, 0.05) is 5.56 Å². The Hall–Kier alpha value is -2.56. The second-order valence-corrected chi connectivity index (χ2v) is 4.01. The topological polar surface area (TPSA) is 57.1 Å². The SMILES string of the molecule is CO/N=C(\C(=O)OC)c1cccc2ccc(OC)cc12. The fraction of sp³-hybridized carbons (Fsp3) is 0.200. The minimum absolute atomic E-state index is 0.119. The molecule has 0 fully saturated rings. The van der Waals surface area contributed by atoms with Crippen LogP contribution in [-0.2, 0) is 14.4 Å². The third kappa shape index (κ3) is 2.56. The van der Waals surface area contributed by atoms with Gasteiger partial charge in [0.1, 0.15) is 12.9 Å². The summed E-state index contributed by atoms with van der Waals surface area (Å²) in [5.74, 6) is 0.147. The zero-order valence-electron chi connectivity index (χ0n) is 11.5. The fourth-order valence-electron chi connectivity index (χ4n) is 1.97. The van der Waals surface area contributed by atoms with Crippen molar-refractivity contribution in [3.63, 3.8) is 0 Å². The number of ether oxygens (including phenoxy) is 2. The summed E-state index contributed by atoms with van der Waals surface area (Å²) in [6.45, 7) is 0. The summed E-state index contributed by atoms with van der Waals surface area (Å²) < 4.78 is 9.96. The van der Waals surface area contributed by atoms with Gasteiger partial charge < -0.3 is 14.3 Å². The molecule has 5 nitrogen and oxygen atoms in total. The van der Waals surface area contributed by atoms with Crippen molar-refractivity contribution in [1.82, 2.24) is 0 Å². The molecule has 0 aliphatic heterocycles. The second-order valence-electron chi connectivity index (χ2n) is 4.01. The van der Waals surface area contributed by atoms with Crippen molar-refractivity contribution >= 4 is 22.5 Å². The highest BCUT2D eigenvalue weighted by Crippen LogP contribution is 2.25. The van der Waals surface area contributed by atoms with Gasteiger partial charge in [-0.25, -0.2) is 4.79 Å². The standard InChI is InChI=1S/C15H15NO4/c1-18-11-8-7-10-5-4-6-12(13(10)9-11)14(16-20-3)15(17)19-2/h4-9H,1-3H3/b16-14-. The Kier molecular flexibility index (Phi) is 4.20. The highest BCUT2D eigenvalue weighted by atomic mass is 16.6. The van der Waals surface area contributed by atoms with Gasteiger partial charge in [-0.05, 0) is 22.9 Å². The van der Waals surface area contributed by atoms with E-state index in [9.17, 15) is 4.79 Å². The molecule has 0 spiro atoms. The number of oxime groups is 1. The van der Waals surface area contributed by atoms with E-state index in [1.165, 1.54) is 14.2 Å². The number of benzene rings is 2. The molecule has 0 heterocycles. The highest BCUT2D eigenvalue weighted by Gasteiger charge is 2.18. The van der Waals surface area contributed by atoms with Crippen LogP contribution in [0.2, 0.25) is 0 Å². The van der Waals surface area contributed by atoms with Crippen LogP contribution >= 0.6 is 0 Å². The van der Waals surface area contributed by atoms with Crippen molar-refractivity contribution in [2.75, 3.05) is 21.3 Å². The Balaban J connectivity index is 2.68. The Bertz CT molecular complexity index is 664. The summed E-state index contributed by atoms with van der Waals surface area (Å²) in [5.41, 5.74) is 0.754. The first-order valence-corrected chi connectivity index (χ1v) is 5.98. The van der Waals surface area contributed by atoms with E-state index in [4.69, 9.17) is 14.3 Å². The molecule has 104 valence electrons.